The number of hydrogen-bond donors (Lipinski definition) is 0. The Kier molecular flexibility index (Phi) is 7.16. The Hall–Kier alpha value is -2.70. The predicted molar refractivity (Wildman–Crippen MR) is 147 cm³/mol. The van der Waals surface area contributed by atoms with Gasteiger partial charge in [0.1, 0.15) is 11.4 Å². The minimum Gasteiger partial charge on any atom is -0.444 e. The molecule has 2 aliphatic carbocycles. The molecule has 1 aromatic heterocycles. The highest BCUT2D eigenvalue weighted by molar-refractivity contribution is 7.84. The zero-order valence-electron chi connectivity index (χ0n) is 22.4. The third-order valence-electron chi connectivity index (χ3n) is 7.95. The fraction of sp³-hybridized carbons (Fsp3) is 0.571. The number of halogens is 1. The summed E-state index contributed by atoms with van der Waals surface area (Å²) in [6.07, 6.45) is 5.91. The van der Waals surface area contributed by atoms with Gasteiger partial charge in [0.05, 0.1) is 35.0 Å². The fourth-order valence-corrected chi connectivity index (χ4v) is 6.92. The summed E-state index contributed by atoms with van der Waals surface area (Å²) in [7, 11) is -1.35. The standard InChI is InChI=1S/C28H34ClN5O3S/c1-27(2,3)37-26(35)34-15-14-33(17-18(34)10-13-30)24-20-9-12-28(16-23(20)31-25(32-24)38(4)36)11-8-19-21(28)6-5-7-22(19)29/h5-7,18H,8-12,14-17H2,1-4H3/t18-,28-,38?/m0/s1. The predicted octanol–water partition coefficient (Wildman–Crippen LogP) is 4.58. The number of benzene rings is 1. The van der Waals surface area contributed by atoms with Crippen LogP contribution in [0.5, 0.6) is 0 Å². The van der Waals surface area contributed by atoms with E-state index < -0.39 is 22.5 Å². The molecule has 2 heterocycles. The van der Waals surface area contributed by atoms with Gasteiger partial charge in [0.25, 0.3) is 0 Å². The van der Waals surface area contributed by atoms with Gasteiger partial charge in [0.2, 0.25) is 5.16 Å². The Bertz CT molecular complexity index is 1340. The Morgan fingerprint density at radius 1 is 1.24 bits per heavy atom. The van der Waals surface area contributed by atoms with Crippen molar-refractivity contribution in [3.05, 3.63) is 45.6 Å². The van der Waals surface area contributed by atoms with E-state index in [1.54, 1.807) is 11.2 Å². The van der Waals surface area contributed by atoms with E-state index in [0.717, 1.165) is 54.2 Å². The van der Waals surface area contributed by atoms with Crippen LogP contribution in [-0.2, 0) is 40.2 Å². The minimum absolute atomic E-state index is 0.0237. The summed E-state index contributed by atoms with van der Waals surface area (Å²) in [6.45, 7) is 6.93. The van der Waals surface area contributed by atoms with E-state index in [-0.39, 0.29) is 17.9 Å². The van der Waals surface area contributed by atoms with Crippen molar-refractivity contribution < 1.29 is 13.7 Å². The molecule has 0 radical (unpaired) electrons. The maximum absolute atomic E-state index is 12.9. The maximum atomic E-state index is 12.9. The number of anilines is 1. The highest BCUT2D eigenvalue weighted by atomic mass is 35.5. The summed E-state index contributed by atoms with van der Waals surface area (Å²) in [5, 5.41) is 10.7. The lowest BCUT2D eigenvalue weighted by Gasteiger charge is -2.43. The van der Waals surface area contributed by atoms with Crippen LogP contribution in [-0.4, -0.2) is 62.7 Å². The second-order valence-electron chi connectivity index (χ2n) is 11.6. The van der Waals surface area contributed by atoms with Crippen molar-refractivity contribution in [3.63, 3.8) is 0 Å². The number of carbonyl (C=O) groups is 1. The molecule has 1 saturated heterocycles. The van der Waals surface area contributed by atoms with Gasteiger partial charge in [-0.15, -0.1) is 0 Å². The number of piperazine rings is 1. The first kappa shape index (κ1) is 26.9. The highest BCUT2D eigenvalue weighted by Crippen LogP contribution is 2.50. The molecular formula is C28H34ClN5O3S. The van der Waals surface area contributed by atoms with Gasteiger partial charge < -0.3 is 14.5 Å². The number of nitriles is 1. The number of amides is 1. The van der Waals surface area contributed by atoms with Crippen LogP contribution < -0.4 is 4.90 Å². The third kappa shape index (κ3) is 5.01. The zero-order valence-corrected chi connectivity index (χ0v) is 24.0. The van der Waals surface area contributed by atoms with Gasteiger partial charge in [0.15, 0.2) is 0 Å². The van der Waals surface area contributed by atoms with E-state index in [4.69, 9.17) is 26.3 Å². The molecule has 2 aromatic rings. The molecule has 0 bridgehead atoms. The summed E-state index contributed by atoms with van der Waals surface area (Å²) in [5.74, 6) is 0.783. The Morgan fingerprint density at radius 2 is 1.97 bits per heavy atom. The third-order valence-corrected chi connectivity index (χ3v) is 9.00. The molecule has 38 heavy (non-hydrogen) atoms. The van der Waals surface area contributed by atoms with Gasteiger partial charge in [0, 0.05) is 41.9 Å². The van der Waals surface area contributed by atoms with Gasteiger partial charge in [-0.2, -0.15) is 5.26 Å². The van der Waals surface area contributed by atoms with E-state index in [1.165, 1.54) is 11.1 Å². The molecule has 1 amide bonds. The number of carbonyl (C=O) groups excluding carboxylic acids is 1. The molecule has 1 spiro atoms. The first-order chi connectivity index (χ1) is 18.0. The lowest BCUT2D eigenvalue weighted by molar-refractivity contribution is 0.0144. The molecule has 1 aromatic carbocycles. The SMILES string of the molecule is CS(=O)c1nc2c(c(N3CCN(C(=O)OC(C)(C)C)[C@@H](CC#N)C3)n1)CC[C@@]1(CCc3c(Cl)cccc31)C2. The van der Waals surface area contributed by atoms with Crippen LogP contribution in [0.3, 0.4) is 0 Å². The molecule has 5 rings (SSSR count). The lowest BCUT2D eigenvalue weighted by Crippen LogP contribution is -2.56. The molecule has 202 valence electrons. The van der Waals surface area contributed by atoms with Crippen molar-refractivity contribution in [2.75, 3.05) is 30.8 Å². The maximum Gasteiger partial charge on any atom is 0.410 e. The normalized spacial score (nSPS) is 23.5. The number of aromatic nitrogens is 2. The van der Waals surface area contributed by atoms with Crippen LogP contribution in [0.2, 0.25) is 5.02 Å². The fourth-order valence-electron chi connectivity index (χ4n) is 6.20. The quantitative estimate of drug-likeness (QED) is 0.511. The second-order valence-corrected chi connectivity index (χ2v) is 13.2. The van der Waals surface area contributed by atoms with E-state index >= 15 is 0 Å². The molecule has 1 aliphatic heterocycles. The van der Waals surface area contributed by atoms with Crippen LogP contribution in [0, 0.1) is 11.3 Å². The van der Waals surface area contributed by atoms with Gasteiger partial charge in [-0.05, 0) is 70.1 Å². The van der Waals surface area contributed by atoms with E-state index in [0.29, 0.717) is 24.8 Å². The molecule has 3 atom stereocenters. The smallest absolute Gasteiger partial charge is 0.410 e. The molecule has 8 nitrogen and oxygen atoms in total. The number of nitrogens with zero attached hydrogens (tertiary/aromatic N) is 5. The number of ether oxygens (including phenoxy) is 1. The number of rotatable bonds is 3. The van der Waals surface area contributed by atoms with Crippen molar-refractivity contribution in [2.24, 2.45) is 0 Å². The Labute approximate surface area is 231 Å². The molecule has 0 N–H and O–H groups in total. The van der Waals surface area contributed by atoms with Gasteiger partial charge in [-0.3, -0.25) is 4.21 Å². The lowest BCUT2D eigenvalue weighted by atomic mass is 9.69. The van der Waals surface area contributed by atoms with Gasteiger partial charge in [-0.25, -0.2) is 14.8 Å². The monoisotopic (exact) mass is 555 g/mol. The molecule has 10 heteroatoms. The van der Waals surface area contributed by atoms with Crippen LogP contribution in [0.25, 0.3) is 0 Å². The number of hydrogen-bond acceptors (Lipinski definition) is 7. The highest BCUT2D eigenvalue weighted by Gasteiger charge is 2.44. The van der Waals surface area contributed by atoms with E-state index in [2.05, 4.69) is 17.0 Å². The average Bonchev–Trinajstić information content (AvgIpc) is 3.21. The van der Waals surface area contributed by atoms with Crippen LogP contribution in [0.1, 0.15) is 62.4 Å². The topological polar surface area (TPSA) is 99.4 Å². The summed E-state index contributed by atoms with van der Waals surface area (Å²) < 4.78 is 18.2. The largest absolute Gasteiger partial charge is 0.444 e. The van der Waals surface area contributed by atoms with Gasteiger partial charge >= 0.3 is 6.09 Å². The summed E-state index contributed by atoms with van der Waals surface area (Å²) >= 11 is 6.54. The molecular weight excluding hydrogens is 522 g/mol. The van der Waals surface area contributed by atoms with Crippen molar-refractivity contribution in [1.82, 2.24) is 14.9 Å². The Balaban J connectivity index is 1.47. The van der Waals surface area contributed by atoms with Crippen molar-refractivity contribution in [3.8, 4) is 6.07 Å². The second kappa shape index (κ2) is 10.1. The summed E-state index contributed by atoms with van der Waals surface area (Å²) in [6, 6.07) is 8.09. The van der Waals surface area contributed by atoms with Crippen LogP contribution >= 0.6 is 11.6 Å². The van der Waals surface area contributed by atoms with E-state index in [9.17, 15) is 14.3 Å². The summed E-state index contributed by atoms with van der Waals surface area (Å²) in [5.41, 5.74) is 3.95. The van der Waals surface area contributed by atoms with Crippen LogP contribution in [0.15, 0.2) is 23.4 Å². The van der Waals surface area contributed by atoms with Gasteiger partial charge in [-0.1, -0.05) is 23.7 Å². The first-order valence-corrected chi connectivity index (χ1v) is 15.1. The zero-order chi connectivity index (χ0) is 27.2. The first-order valence-electron chi connectivity index (χ1n) is 13.1. The van der Waals surface area contributed by atoms with Crippen molar-refractivity contribution in [2.45, 2.75) is 81.5 Å². The molecule has 1 fully saturated rings. The Morgan fingerprint density at radius 3 is 2.66 bits per heavy atom. The molecule has 0 saturated carbocycles. The molecule has 3 aliphatic rings. The average molecular weight is 556 g/mol. The summed E-state index contributed by atoms with van der Waals surface area (Å²) in [4.78, 5) is 26.3. The molecule has 1 unspecified atom stereocenters. The van der Waals surface area contributed by atoms with Crippen molar-refractivity contribution >= 4 is 34.3 Å². The number of fused-ring (bicyclic) bond motifs is 3. The van der Waals surface area contributed by atoms with Crippen LogP contribution in [0.4, 0.5) is 10.6 Å². The minimum atomic E-state index is -1.35. The van der Waals surface area contributed by atoms with E-state index in [1.807, 2.05) is 32.9 Å². The van der Waals surface area contributed by atoms with Crippen molar-refractivity contribution in [1.29, 1.82) is 5.26 Å².